The predicted octanol–water partition coefficient (Wildman–Crippen LogP) is 3.44. The van der Waals surface area contributed by atoms with Crippen LogP contribution in [0.5, 0.6) is 0 Å². The van der Waals surface area contributed by atoms with Gasteiger partial charge in [0, 0.05) is 16.5 Å². The molecule has 0 aromatic heterocycles. The van der Waals surface area contributed by atoms with E-state index in [1.165, 1.54) is 32.1 Å². The molecular weight excluding hydrogens is 190 g/mol. The molecule has 0 aromatic carbocycles. The van der Waals surface area contributed by atoms with Crippen LogP contribution in [0.15, 0.2) is 0 Å². The summed E-state index contributed by atoms with van der Waals surface area (Å²) in [7, 11) is 0. The average molecular weight is 215 g/mol. The fourth-order valence-corrected chi connectivity index (χ4v) is 4.00. The Balaban J connectivity index is 2.10. The molecule has 0 heterocycles. The standard InChI is InChI=1S/C12H25NS/c1-4-13-10(2)9-11(3)14-12-7-5-6-8-12/h10-13H,4-9H2,1-3H3. The van der Waals surface area contributed by atoms with Gasteiger partial charge in [0.2, 0.25) is 0 Å². The third kappa shape index (κ3) is 4.70. The second kappa shape index (κ2) is 6.73. The maximum atomic E-state index is 3.49. The van der Waals surface area contributed by atoms with Crippen molar-refractivity contribution in [2.24, 2.45) is 0 Å². The van der Waals surface area contributed by atoms with E-state index < -0.39 is 0 Å². The summed E-state index contributed by atoms with van der Waals surface area (Å²) >= 11 is 2.22. The molecule has 14 heavy (non-hydrogen) atoms. The molecular formula is C12H25NS. The van der Waals surface area contributed by atoms with E-state index in [9.17, 15) is 0 Å². The summed E-state index contributed by atoms with van der Waals surface area (Å²) in [5.41, 5.74) is 0. The SMILES string of the molecule is CCNC(C)CC(C)SC1CCCC1. The van der Waals surface area contributed by atoms with Crippen molar-refractivity contribution in [3.8, 4) is 0 Å². The topological polar surface area (TPSA) is 12.0 Å². The lowest BCUT2D eigenvalue weighted by Crippen LogP contribution is -2.28. The fourth-order valence-electron chi connectivity index (χ4n) is 2.34. The number of hydrogen-bond acceptors (Lipinski definition) is 2. The van der Waals surface area contributed by atoms with Crippen molar-refractivity contribution in [2.75, 3.05) is 6.54 Å². The molecule has 1 N–H and O–H groups in total. The van der Waals surface area contributed by atoms with Crippen molar-refractivity contribution < 1.29 is 0 Å². The smallest absolute Gasteiger partial charge is 0.00497 e. The van der Waals surface area contributed by atoms with E-state index in [0.717, 1.165) is 17.0 Å². The van der Waals surface area contributed by atoms with E-state index in [2.05, 4.69) is 37.8 Å². The van der Waals surface area contributed by atoms with Gasteiger partial charge in [-0.05, 0) is 32.7 Å². The molecule has 2 unspecified atom stereocenters. The first-order valence-corrected chi connectivity index (χ1v) is 7.05. The van der Waals surface area contributed by atoms with Gasteiger partial charge in [-0.3, -0.25) is 0 Å². The van der Waals surface area contributed by atoms with E-state index in [1.54, 1.807) is 0 Å². The van der Waals surface area contributed by atoms with Gasteiger partial charge < -0.3 is 5.32 Å². The Morgan fingerprint density at radius 3 is 2.50 bits per heavy atom. The molecule has 1 rings (SSSR count). The van der Waals surface area contributed by atoms with Crippen molar-refractivity contribution >= 4 is 11.8 Å². The molecule has 1 fully saturated rings. The lowest BCUT2D eigenvalue weighted by Gasteiger charge is -2.20. The largest absolute Gasteiger partial charge is 0.314 e. The van der Waals surface area contributed by atoms with Crippen LogP contribution in [0.4, 0.5) is 0 Å². The van der Waals surface area contributed by atoms with E-state index >= 15 is 0 Å². The molecule has 0 amide bonds. The van der Waals surface area contributed by atoms with Crippen LogP contribution in [0.3, 0.4) is 0 Å². The Hall–Kier alpha value is 0.310. The summed E-state index contributed by atoms with van der Waals surface area (Å²) in [6.07, 6.45) is 7.17. The maximum Gasteiger partial charge on any atom is 0.00497 e. The molecule has 0 radical (unpaired) electrons. The normalized spacial score (nSPS) is 22.5. The van der Waals surface area contributed by atoms with Crippen molar-refractivity contribution in [1.29, 1.82) is 0 Å². The Kier molecular flexibility index (Phi) is 5.95. The van der Waals surface area contributed by atoms with Gasteiger partial charge in [-0.2, -0.15) is 11.8 Å². The van der Waals surface area contributed by atoms with E-state index in [0.29, 0.717) is 6.04 Å². The van der Waals surface area contributed by atoms with Gasteiger partial charge in [0.25, 0.3) is 0 Å². The lowest BCUT2D eigenvalue weighted by molar-refractivity contribution is 0.529. The summed E-state index contributed by atoms with van der Waals surface area (Å²) in [6, 6.07) is 0.684. The minimum absolute atomic E-state index is 0.684. The molecule has 0 saturated heterocycles. The highest BCUT2D eigenvalue weighted by Crippen LogP contribution is 2.33. The number of nitrogens with one attached hydrogen (secondary N) is 1. The predicted molar refractivity (Wildman–Crippen MR) is 67.1 cm³/mol. The zero-order chi connectivity index (χ0) is 10.4. The summed E-state index contributed by atoms with van der Waals surface area (Å²) in [6.45, 7) is 7.97. The number of rotatable bonds is 6. The third-order valence-corrected chi connectivity index (χ3v) is 4.48. The highest BCUT2D eigenvalue weighted by Gasteiger charge is 2.19. The van der Waals surface area contributed by atoms with Crippen molar-refractivity contribution in [3.63, 3.8) is 0 Å². The maximum absolute atomic E-state index is 3.49. The summed E-state index contributed by atoms with van der Waals surface area (Å²) < 4.78 is 0. The van der Waals surface area contributed by atoms with Gasteiger partial charge in [-0.15, -0.1) is 0 Å². The molecule has 1 aliphatic carbocycles. The molecule has 0 bridgehead atoms. The molecule has 2 atom stereocenters. The van der Waals surface area contributed by atoms with Crippen LogP contribution in [0.25, 0.3) is 0 Å². The Bertz CT molecular complexity index is 143. The van der Waals surface area contributed by atoms with Gasteiger partial charge in [-0.1, -0.05) is 26.7 Å². The van der Waals surface area contributed by atoms with E-state index in [-0.39, 0.29) is 0 Å². The molecule has 84 valence electrons. The Labute approximate surface area is 93.4 Å². The minimum atomic E-state index is 0.684. The van der Waals surface area contributed by atoms with Gasteiger partial charge >= 0.3 is 0 Å². The van der Waals surface area contributed by atoms with Crippen LogP contribution >= 0.6 is 11.8 Å². The van der Waals surface area contributed by atoms with Crippen LogP contribution < -0.4 is 5.32 Å². The first-order chi connectivity index (χ1) is 6.72. The first kappa shape index (κ1) is 12.4. The molecule has 0 spiro atoms. The average Bonchev–Trinajstić information content (AvgIpc) is 2.56. The minimum Gasteiger partial charge on any atom is -0.314 e. The van der Waals surface area contributed by atoms with Gasteiger partial charge in [0.15, 0.2) is 0 Å². The van der Waals surface area contributed by atoms with Gasteiger partial charge in [0.1, 0.15) is 0 Å². The zero-order valence-electron chi connectivity index (χ0n) is 9.88. The number of thioether (sulfide) groups is 1. The van der Waals surface area contributed by atoms with E-state index in [4.69, 9.17) is 0 Å². The molecule has 1 nitrogen and oxygen atoms in total. The first-order valence-electron chi connectivity index (χ1n) is 6.11. The third-order valence-electron chi connectivity index (χ3n) is 2.97. The molecule has 1 aliphatic rings. The fraction of sp³-hybridized carbons (Fsp3) is 1.00. The second-order valence-corrected chi connectivity index (χ2v) is 6.29. The van der Waals surface area contributed by atoms with E-state index in [1.807, 2.05) is 0 Å². The summed E-state index contributed by atoms with van der Waals surface area (Å²) in [4.78, 5) is 0. The highest BCUT2D eigenvalue weighted by atomic mass is 32.2. The van der Waals surface area contributed by atoms with Crippen LogP contribution in [0.1, 0.15) is 52.9 Å². The molecule has 0 aliphatic heterocycles. The van der Waals surface area contributed by atoms with Crippen LogP contribution in [0, 0.1) is 0 Å². The quantitative estimate of drug-likeness (QED) is 0.728. The highest BCUT2D eigenvalue weighted by molar-refractivity contribution is 8.00. The number of hydrogen-bond donors (Lipinski definition) is 1. The molecule has 1 saturated carbocycles. The summed E-state index contributed by atoms with van der Waals surface area (Å²) in [5, 5.41) is 5.29. The van der Waals surface area contributed by atoms with Crippen molar-refractivity contribution in [1.82, 2.24) is 5.32 Å². The van der Waals surface area contributed by atoms with Crippen LogP contribution in [0.2, 0.25) is 0 Å². The lowest BCUT2D eigenvalue weighted by atomic mass is 10.2. The molecule has 0 aromatic rings. The van der Waals surface area contributed by atoms with Crippen molar-refractivity contribution in [2.45, 2.75) is 69.4 Å². The van der Waals surface area contributed by atoms with Crippen LogP contribution in [-0.4, -0.2) is 23.1 Å². The Morgan fingerprint density at radius 2 is 1.93 bits per heavy atom. The van der Waals surface area contributed by atoms with Gasteiger partial charge in [-0.25, -0.2) is 0 Å². The second-order valence-electron chi connectivity index (χ2n) is 4.55. The molecule has 2 heteroatoms. The monoisotopic (exact) mass is 215 g/mol. The van der Waals surface area contributed by atoms with Crippen LogP contribution in [-0.2, 0) is 0 Å². The Morgan fingerprint density at radius 1 is 1.29 bits per heavy atom. The van der Waals surface area contributed by atoms with Crippen molar-refractivity contribution in [3.05, 3.63) is 0 Å². The zero-order valence-corrected chi connectivity index (χ0v) is 10.7. The van der Waals surface area contributed by atoms with Gasteiger partial charge in [0.05, 0.1) is 0 Å². The summed E-state index contributed by atoms with van der Waals surface area (Å²) in [5.74, 6) is 0.